The van der Waals surface area contributed by atoms with Gasteiger partial charge in [-0.2, -0.15) is 0 Å². The third-order valence-corrected chi connectivity index (χ3v) is 2.76. The number of nitrogens with zero attached hydrogens (tertiary/aromatic N) is 1. The van der Waals surface area contributed by atoms with Crippen LogP contribution in [0, 0.1) is 0 Å². The minimum absolute atomic E-state index is 0.609. The second kappa shape index (κ2) is 8.08. The number of hydrogen-bond donors (Lipinski definition) is 3. The summed E-state index contributed by atoms with van der Waals surface area (Å²) in [6, 6.07) is 8.07. The Morgan fingerprint density at radius 1 is 1.47 bits per heavy atom. The Morgan fingerprint density at radius 3 is 2.94 bits per heavy atom. The van der Waals surface area contributed by atoms with E-state index in [2.05, 4.69) is 38.6 Å². The first-order valence-electron chi connectivity index (χ1n) is 5.75. The van der Waals surface area contributed by atoms with Crippen molar-refractivity contribution in [2.24, 2.45) is 10.8 Å². The van der Waals surface area contributed by atoms with Gasteiger partial charge in [0.2, 0.25) is 5.96 Å². The van der Waals surface area contributed by atoms with Crippen molar-refractivity contribution >= 4 is 21.9 Å². The molecule has 17 heavy (non-hydrogen) atoms. The summed E-state index contributed by atoms with van der Waals surface area (Å²) in [4.78, 5) is 4.37. The van der Waals surface area contributed by atoms with Crippen molar-refractivity contribution in [1.82, 2.24) is 10.7 Å². The van der Waals surface area contributed by atoms with Crippen molar-refractivity contribution in [2.75, 3.05) is 6.54 Å². The summed E-state index contributed by atoms with van der Waals surface area (Å²) >= 11 is 3.43. The molecular formula is C12H19BrN4. The Hall–Kier alpha value is -1.07. The van der Waals surface area contributed by atoms with Gasteiger partial charge < -0.3 is 5.32 Å². The summed E-state index contributed by atoms with van der Waals surface area (Å²) in [6.45, 7) is 3.64. The van der Waals surface area contributed by atoms with Gasteiger partial charge in [0.05, 0.1) is 6.54 Å². The van der Waals surface area contributed by atoms with Crippen LogP contribution in [-0.2, 0) is 6.54 Å². The lowest BCUT2D eigenvalue weighted by Crippen LogP contribution is -2.41. The summed E-state index contributed by atoms with van der Waals surface area (Å²) in [5.74, 6) is 6.03. The number of rotatable bonds is 5. The molecule has 1 rings (SSSR count). The zero-order valence-corrected chi connectivity index (χ0v) is 11.6. The van der Waals surface area contributed by atoms with Crippen molar-refractivity contribution in [1.29, 1.82) is 0 Å². The monoisotopic (exact) mass is 298 g/mol. The van der Waals surface area contributed by atoms with Gasteiger partial charge in [-0.1, -0.05) is 41.4 Å². The second-order valence-corrected chi connectivity index (χ2v) is 4.64. The highest BCUT2D eigenvalue weighted by Gasteiger charge is 1.96. The van der Waals surface area contributed by atoms with Crippen LogP contribution in [0.25, 0.3) is 0 Å². The Labute approximate surface area is 111 Å². The molecular weight excluding hydrogens is 280 g/mol. The molecule has 0 saturated heterocycles. The fourth-order valence-electron chi connectivity index (χ4n) is 1.34. The first kappa shape index (κ1) is 14.0. The van der Waals surface area contributed by atoms with Crippen molar-refractivity contribution in [3.8, 4) is 0 Å². The van der Waals surface area contributed by atoms with Gasteiger partial charge in [-0.05, 0) is 24.1 Å². The summed E-state index contributed by atoms with van der Waals surface area (Å²) in [5, 5.41) is 3.16. The molecule has 0 saturated carbocycles. The van der Waals surface area contributed by atoms with Crippen LogP contribution in [0.1, 0.15) is 25.3 Å². The topological polar surface area (TPSA) is 62.4 Å². The molecule has 1 aromatic rings. The highest BCUT2D eigenvalue weighted by Crippen LogP contribution is 2.12. The SMILES string of the molecule is CCCCNC(=NCc1cccc(Br)c1)NN. The van der Waals surface area contributed by atoms with Crippen LogP contribution < -0.4 is 16.6 Å². The average molecular weight is 299 g/mol. The lowest BCUT2D eigenvalue weighted by Gasteiger charge is -2.08. The van der Waals surface area contributed by atoms with Gasteiger partial charge in [-0.25, -0.2) is 10.8 Å². The Bertz CT molecular complexity index is 365. The molecule has 4 N–H and O–H groups in total. The van der Waals surface area contributed by atoms with Gasteiger partial charge in [0.1, 0.15) is 0 Å². The quantitative estimate of drug-likeness (QED) is 0.257. The highest BCUT2D eigenvalue weighted by atomic mass is 79.9. The number of unbranched alkanes of at least 4 members (excludes halogenated alkanes) is 1. The molecule has 4 nitrogen and oxygen atoms in total. The molecule has 0 aliphatic rings. The zero-order valence-electron chi connectivity index (χ0n) is 10.0. The molecule has 0 heterocycles. The number of benzene rings is 1. The maximum atomic E-state index is 5.40. The van der Waals surface area contributed by atoms with Crippen molar-refractivity contribution in [3.05, 3.63) is 34.3 Å². The molecule has 1 aromatic carbocycles. The number of nitrogens with two attached hydrogens (primary N) is 1. The highest BCUT2D eigenvalue weighted by molar-refractivity contribution is 9.10. The minimum Gasteiger partial charge on any atom is -0.355 e. The van der Waals surface area contributed by atoms with Crippen LogP contribution in [0.15, 0.2) is 33.7 Å². The van der Waals surface area contributed by atoms with Gasteiger partial charge in [-0.3, -0.25) is 5.43 Å². The molecule has 0 spiro atoms. The van der Waals surface area contributed by atoms with Crippen molar-refractivity contribution < 1.29 is 0 Å². The maximum Gasteiger partial charge on any atom is 0.206 e. The van der Waals surface area contributed by atoms with Crippen LogP contribution in [-0.4, -0.2) is 12.5 Å². The molecule has 0 radical (unpaired) electrons. The third kappa shape index (κ3) is 5.70. The van der Waals surface area contributed by atoms with Crippen LogP contribution in [0.2, 0.25) is 0 Å². The minimum atomic E-state index is 0.609. The normalized spacial score (nSPS) is 11.4. The molecule has 0 aliphatic heterocycles. The van der Waals surface area contributed by atoms with E-state index in [1.54, 1.807) is 0 Å². The number of aliphatic imine (C=N–C) groups is 1. The number of hydrazine groups is 1. The first-order valence-corrected chi connectivity index (χ1v) is 6.55. The summed E-state index contributed by atoms with van der Waals surface area (Å²) in [5.41, 5.74) is 3.72. The Kier molecular flexibility index (Phi) is 6.65. The van der Waals surface area contributed by atoms with Crippen LogP contribution in [0.4, 0.5) is 0 Å². The lowest BCUT2D eigenvalue weighted by molar-refractivity contribution is 0.732. The number of guanidine groups is 1. The molecule has 0 fully saturated rings. The van der Waals surface area contributed by atoms with Gasteiger partial charge in [0.15, 0.2) is 0 Å². The summed E-state index contributed by atoms with van der Waals surface area (Å²) < 4.78 is 1.06. The maximum absolute atomic E-state index is 5.40. The van der Waals surface area contributed by atoms with Crippen molar-refractivity contribution in [2.45, 2.75) is 26.3 Å². The number of hydrogen-bond acceptors (Lipinski definition) is 2. The Morgan fingerprint density at radius 2 is 2.29 bits per heavy atom. The smallest absolute Gasteiger partial charge is 0.206 e. The molecule has 0 amide bonds. The predicted molar refractivity (Wildman–Crippen MR) is 75.5 cm³/mol. The summed E-state index contributed by atoms with van der Waals surface area (Å²) in [6.07, 6.45) is 2.26. The van der Waals surface area contributed by atoms with Crippen LogP contribution in [0.5, 0.6) is 0 Å². The van der Waals surface area contributed by atoms with E-state index in [1.807, 2.05) is 24.3 Å². The van der Waals surface area contributed by atoms with Crippen molar-refractivity contribution in [3.63, 3.8) is 0 Å². The number of halogens is 1. The predicted octanol–water partition coefficient (Wildman–Crippen LogP) is 2.16. The van der Waals surface area contributed by atoms with E-state index in [0.717, 1.165) is 29.4 Å². The number of nitrogens with one attached hydrogen (secondary N) is 2. The first-order chi connectivity index (χ1) is 8.26. The fraction of sp³-hybridized carbons (Fsp3) is 0.417. The van der Waals surface area contributed by atoms with Crippen LogP contribution in [0.3, 0.4) is 0 Å². The molecule has 0 atom stereocenters. The molecule has 0 aliphatic carbocycles. The van der Waals surface area contributed by atoms with E-state index in [1.165, 1.54) is 0 Å². The van der Waals surface area contributed by atoms with E-state index in [0.29, 0.717) is 12.5 Å². The van der Waals surface area contributed by atoms with E-state index in [4.69, 9.17) is 5.84 Å². The van der Waals surface area contributed by atoms with Gasteiger partial charge in [-0.15, -0.1) is 0 Å². The molecule has 5 heteroatoms. The van der Waals surface area contributed by atoms with Gasteiger partial charge in [0.25, 0.3) is 0 Å². The van der Waals surface area contributed by atoms with Gasteiger partial charge in [0, 0.05) is 11.0 Å². The largest absolute Gasteiger partial charge is 0.355 e. The van der Waals surface area contributed by atoms with E-state index < -0.39 is 0 Å². The standard InChI is InChI=1S/C12H19BrN4/c1-2-3-7-15-12(17-14)16-9-10-5-4-6-11(13)8-10/h4-6,8H,2-3,7,9,14H2,1H3,(H2,15,16,17). The fourth-order valence-corrected chi connectivity index (χ4v) is 1.79. The molecule has 0 aromatic heterocycles. The average Bonchev–Trinajstić information content (AvgIpc) is 2.34. The lowest BCUT2D eigenvalue weighted by atomic mass is 10.2. The van der Waals surface area contributed by atoms with E-state index in [9.17, 15) is 0 Å². The molecule has 0 bridgehead atoms. The van der Waals surface area contributed by atoms with Gasteiger partial charge >= 0.3 is 0 Å². The molecule has 0 unspecified atom stereocenters. The Balaban J connectivity index is 2.49. The zero-order chi connectivity index (χ0) is 12.5. The second-order valence-electron chi connectivity index (χ2n) is 3.72. The van der Waals surface area contributed by atoms with E-state index in [-0.39, 0.29) is 0 Å². The third-order valence-electron chi connectivity index (χ3n) is 2.27. The van der Waals surface area contributed by atoms with E-state index >= 15 is 0 Å². The molecule has 94 valence electrons. The summed E-state index contributed by atoms with van der Waals surface area (Å²) in [7, 11) is 0. The van der Waals surface area contributed by atoms with Crippen LogP contribution >= 0.6 is 15.9 Å².